The lowest BCUT2D eigenvalue weighted by Crippen LogP contribution is -2.05. The van der Waals surface area contributed by atoms with Gasteiger partial charge in [0.25, 0.3) is 0 Å². The number of hydrogen-bond acceptors (Lipinski definition) is 4. The summed E-state index contributed by atoms with van der Waals surface area (Å²) in [6.45, 7) is 1.92. The van der Waals surface area contributed by atoms with Crippen molar-refractivity contribution in [2.24, 2.45) is 5.11 Å². The molecular weight excluding hydrogens is 334 g/mol. The number of azide groups is 1. The fourth-order valence-corrected chi connectivity index (χ4v) is 3.00. The molecule has 2 aromatic rings. The average molecular weight is 348 g/mol. The third-order valence-corrected chi connectivity index (χ3v) is 4.17. The van der Waals surface area contributed by atoms with Gasteiger partial charge >= 0.3 is 5.97 Å². The monoisotopic (exact) mass is 347 g/mol. The molecule has 1 heterocycles. The molecule has 0 unspecified atom stereocenters. The number of thiophene rings is 1. The first-order chi connectivity index (χ1) is 11.1. The predicted octanol–water partition coefficient (Wildman–Crippen LogP) is 5.21. The molecule has 0 atom stereocenters. The fourth-order valence-electron chi connectivity index (χ4n) is 1.89. The maximum atomic E-state index is 11.7. The molecular formula is C16H14ClN3O2S. The highest BCUT2D eigenvalue weighted by molar-refractivity contribution is 7.12. The van der Waals surface area contributed by atoms with Gasteiger partial charge in [0.2, 0.25) is 0 Å². The van der Waals surface area contributed by atoms with Gasteiger partial charge in [0.05, 0.1) is 6.61 Å². The number of ether oxygens (including phenoxy) is 1. The first kappa shape index (κ1) is 17.1. The quantitative estimate of drug-likeness (QED) is 0.236. The van der Waals surface area contributed by atoms with Gasteiger partial charge in [-0.15, -0.1) is 11.3 Å². The SMILES string of the molecule is CCOC(=O)C(=Cc1ccc(Cc2ccc(Cl)cc2)s1)N=[N+]=[N-]. The van der Waals surface area contributed by atoms with Gasteiger partial charge in [-0.3, -0.25) is 0 Å². The van der Waals surface area contributed by atoms with E-state index in [2.05, 4.69) is 10.0 Å². The molecule has 1 aromatic carbocycles. The van der Waals surface area contributed by atoms with Crippen LogP contribution in [0.25, 0.3) is 16.5 Å². The van der Waals surface area contributed by atoms with Gasteiger partial charge in [-0.2, -0.15) is 0 Å². The van der Waals surface area contributed by atoms with E-state index in [1.165, 1.54) is 17.4 Å². The average Bonchev–Trinajstić information content (AvgIpc) is 2.96. The molecule has 0 aliphatic heterocycles. The van der Waals surface area contributed by atoms with Crippen LogP contribution in [0.15, 0.2) is 47.2 Å². The van der Waals surface area contributed by atoms with Crippen LogP contribution >= 0.6 is 22.9 Å². The second kappa shape index (κ2) is 8.39. The first-order valence-electron chi connectivity index (χ1n) is 6.89. The van der Waals surface area contributed by atoms with Crippen molar-refractivity contribution < 1.29 is 9.53 Å². The molecule has 0 bridgehead atoms. The van der Waals surface area contributed by atoms with Crippen LogP contribution in [-0.4, -0.2) is 12.6 Å². The summed E-state index contributed by atoms with van der Waals surface area (Å²) in [6.07, 6.45) is 2.31. The van der Waals surface area contributed by atoms with Gasteiger partial charge in [0.15, 0.2) is 0 Å². The number of carbonyl (C=O) groups excluding carboxylic acids is 1. The fraction of sp³-hybridized carbons (Fsp3) is 0.188. The molecule has 0 saturated heterocycles. The Hall–Kier alpha value is -2.27. The molecule has 1 aromatic heterocycles. The van der Waals surface area contributed by atoms with Crippen molar-refractivity contribution >= 4 is 35.0 Å². The summed E-state index contributed by atoms with van der Waals surface area (Å²) in [5.74, 6) is -0.627. The molecule has 0 amide bonds. The minimum absolute atomic E-state index is 0.0470. The van der Waals surface area contributed by atoms with Crippen LogP contribution < -0.4 is 0 Å². The zero-order valence-corrected chi connectivity index (χ0v) is 14.0. The minimum Gasteiger partial charge on any atom is -0.462 e. The summed E-state index contributed by atoms with van der Waals surface area (Å²) >= 11 is 7.39. The predicted molar refractivity (Wildman–Crippen MR) is 92.3 cm³/mol. The Morgan fingerprint density at radius 2 is 2.09 bits per heavy atom. The number of rotatable bonds is 6. The standard InChI is InChI=1S/C16H14ClN3O2S/c1-2-22-16(21)15(19-20-18)10-14-8-7-13(23-14)9-11-3-5-12(17)6-4-11/h3-8,10H,2,9H2,1H3. The summed E-state index contributed by atoms with van der Waals surface area (Å²) in [5.41, 5.74) is 9.66. The Morgan fingerprint density at radius 3 is 2.74 bits per heavy atom. The van der Waals surface area contributed by atoms with E-state index >= 15 is 0 Å². The van der Waals surface area contributed by atoms with Crippen LogP contribution in [0, 0.1) is 0 Å². The number of esters is 1. The van der Waals surface area contributed by atoms with Crippen molar-refractivity contribution in [2.75, 3.05) is 6.61 Å². The lowest BCUT2D eigenvalue weighted by molar-refractivity contribution is -0.138. The van der Waals surface area contributed by atoms with Gasteiger partial charge < -0.3 is 4.74 Å². The molecule has 5 nitrogen and oxygen atoms in total. The summed E-state index contributed by atoms with van der Waals surface area (Å²) in [6, 6.07) is 11.5. The highest BCUT2D eigenvalue weighted by Crippen LogP contribution is 2.23. The molecule has 0 N–H and O–H groups in total. The Kier molecular flexibility index (Phi) is 6.23. The third kappa shape index (κ3) is 5.14. The Morgan fingerprint density at radius 1 is 1.35 bits per heavy atom. The Bertz CT molecular complexity index is 762. The van der Waals surface area contributed by atoms with E-state index < -0.39 is 5.97 Å². The van der Waals surface area contributed by atoms with Crippen LogP contribution in [0.2, 0.25) is 5.02 Å². The van der Waals surface area contributed by atoms with Crippen molar-refractivity contribution in [3.8, 4) is 0 Å². The van der Waals surface area contributed by atoms with Gasteiger partial charge in [0, 0.05) is 26.1 Å². The molecule has 0 saturated carbocycles. The van der Waals surface area contributed by atoms with Gasteiger partial charge in [-0.1, -0.05) is 28.8 Å². The van der Waals surface area contributed by atoms with E-state index in [1.807, 2.05) is 36.4 Å². The summed E-state index contributed by atoms with van der Waals surface area (Å²) < 4.78 is 4.86. The largest absolute Gasteiger partial charge is 0.462 e. The van der Waals surface area contributed by atoms with E-state index in [0.29, 0.717) is 5.02 Å². The minimum atomic E-state index is -0.627. The molecule has 0 aliphatic rings. The van der Waals surface area contributed by atoms with Crippen LogP contribution in [0.4, 0.5) is 0 Å². The van der Waals surface area contributed by atoms with Crippen molar-refractivity contribution in [2.45, 2.75) is 13.3 Å². The molecule has 23 heavy (non-hydrogen) atoms. The number of hydrogen-bond donors (Lipinski definition) is 0. The maximum Gasteiger partial charge on any atom is 0.340 e. The number of halogens is 1. The maximum absolute atomic E-state index is 11.7. The lowest BCUT2D eigenvalue weighted by Gasteiger charge is -2.00. The van der Waals surface area contributed by atoms with Crippen LogP contribution in [0.1, 0.15) is 22.2 Å². The molecule has 0 radical (unpaired) electrons. The zero-order chi connectivity index (χ0) is 16.7. The van der Waals surface area contributed by atoms with Gasteiger partial charge in [-0.25, -0.2) is 4.79 Å². The van der Waals surface area contributed by atoms with Crippen molar-refractivity contribution in [1.29, 1.82) is 0 Å². The molecule has 2 rings (SSSR count). The smallest absolute Gasteiger partial charge is 0.340 e. The molecule has 0 spiro atoms. The van der Waals surface area contributed by atoms with Crippen LogP contribution in [-0.2, 0) is 16.0 Å². The highest BCUT2D eigenvalue weighted by Gasteiger charge is 2.09. The number of benzene rings is 1. The van der Waals surface area contributed by atoms with Gasteiger partial charge in [0.1, 0.15) is 5.70 Å². The van der Waals surface area contributed by atoms with E-state index in [4.69, 9.17) is 21.9 Å². The lowest BCUT2D eigenvalue weighted by atomic mass is 10.1. The van der Waals surface area contributed by atoms with E-state index in [9.17, 15) is 4.79 Å². The molecule has 7 heteroatoms. The molecule has 0 fully saturated rings. The number of carbonyl (C=O) groups is 1. The first-order valence-corrected chi connectivity index (χ1v) is 8.09. The summed E-state index contributed by atoms with van der Waals surface area (Å²) in [4.78, 5) is 16.3. The summed E-state index contributed by atoms with van der Waals surface area (Å²) in [5, 5.41) is 4.11. The van der Waals surface area contributed by atoms with Gasteiger partial charge in [-0.05, 0) is 48.4 Å². The van der Waals surface area contributed by atoms with Crippen molar-refractivity contribution in [3.63, 3.8) is 0 Å². The second-order valence-electron chi connectivity index (χ2n) is 4.55. The summed E-state index contributed by atoms with van der Waals surface area (Å²) in [7, 11) is 0. The van der Waals surface area contributed by atoms with Crippen molar-refractivity contribution in [3.05, 3.63) is 72.9 Å². The molecule has 0 aliphatic carbocycles. The Labute approximate surface area is 142 Å². The van der Waals surface area contributed by atoms with Crippen LogP contribution in [0.3, 0.4) is 0 Å². The number of nitrogens with zero attached hydrogens (tertiary/aromatic N) is 3. The van der Waals surface area contributed by atoms with Crippen LogP contribution in [0.5, 0.6) is 0 Å². The Balaban J connectivity index is 2.16. The van der Waals surface area contributed by atoms with Crippen molar-refractivity contribution in [1.82, 2.24) is 0 Å². The van der Waals surface area contributed by atoms with E-state index in [1.54, 1.807) is 6.92 Å². The van der Waals surface area contributed by atoms with E-state index in [-0.39, 0.29) is 12.3 Å². The highest BCUT2D eigenvalue weighted by atomic mass is 35.5. The zero-order valence-electron chi connectivity index (χ0n) is 12.4. The third-order valence-electron chi connectivity index (χ3n) is 2.89. The molecule has 118 valence electrons. The second-order valence-corrected chi connectivity index (χ2v) is 6.18. The topological polar surface area (TPSA) is 75.1 Å². The van der Waals surface area contributed by atoms with E-state index in [0.717, 1.165) is 21.7 Å². The normalized spacial score (nSPS) is 11.0.